The third-order valence-corrected chi connectivity index (χ3v) is 2.69. The van der Waals surface area contributed by atoms with Gasteiger partial charge >= 0.3 is 0 Å². The molecule has 2 rings (SSSR count). The number of aryl methyl sites for hydroxylation is 3. The molecule has 0 unspecified atom stereocenters. The summed E-state index contributed by atoms with van der Waals surface area (Å²) in [6.45, 7) is 1.85. The van der Waals surface area contributed by atoms with E-state index in [9.17, 15) is 8.78 Å². The van der Waals surface area contributed by atoms with Gasteiger partial charge in [0.25, 0.3) is 0 Å². The van der Waals surface area contributed by atoms with Crippen LogP contribution in [0.2, 0.25) is 0 Å². The molecule has 2 heterocycles. The van der Waals surface area contributed by atoms with Crippen molar-refractivity contribution in [3.8, 4) is 0 Å². The summed E-state index contributed by atoms with van der Waals surface area (Å²) in [6.07, 6.45) is 3.27. The molecule has 0 saturated heterocycles. The molecule has 98 valence electrons. The third kappa shape index (κ3) is 2.49. The lowest BCUT2D eigenvalue weighted by atomic mass is 10.2. The van der Waals surface area contributed by atoms with Crippen molar-refractivity contribution in [2.24, 2.45) is 7.05 Å². The van der Waals surface area contributed by atoms with Crippen LogP contribution in [-0.4, -0.2) is 26.2 Å². The van der Waals surface area contributed by atoms with Gasteiger partial charge in [0, 0.05) is 25.4 Å². The molecule has 0 radical (unpaired) electrons. The highest BCUT2D eigenvalue weighted by Gasteiger charge is 2.12. The number of aromatic nitrogens is 4. The second-order valence-electron chi connectivity index (χ2n) is 4.01. The summed E-state index contributed by atoms with van der Waals surface area (Å²) >= 11 is 0. The Morgan fingerprint density at radius 1 is 1.44 bits per heavy atom. The first-order chi connectivity index (χ1) is 8.61. The minimum Gasteiger partial charge on any atom is -0.378 e. The van der Waals surface area contributed by atoms with E-state index in [0.717, 1.165) is 5.69 Å². The Morgan fingerprint density at radius 3 is 2.83 bits per heavy atom. The smallest absolute Gasteiger partial charge is 0.216 e. The zero-order chi connectivity index (χ0) is 13.1. The first kappa shape index (κ1) is 12.5. The molecule has 2 aromatic heterocycles. The number of halogens is 2. The first-order valence-corrected chi connectivity index (χ1v) is 5.62. The number of nitrogens with one attached hydrogen (secondary N) is 1. The zero-order valence-corrected chi connectivity index (χ0v) is 10.3. The van der Waals surface area contributed by atoms with E-state index >= 15 is 0 Å². The number of rotatable bonds is 5. The number of hydrogen-bond donors (Lipinski definition) is 1. The molecule has 0 aliphatic heterocycles. The van der Waals surface area contributed by atoms with Crippen LogP contribution in [0.15, 0.2) is 12.4 Å². The number of alkyl halides is 1. The minimum atomic E-state index is -0.461. The van der Waals surface area contributed by atoms with Gasteiger partial charge in [0.2, 0.25) is 5.95 Å². The monoisotopic (exact) mass is 255 g/mol. The normalized spacial score (nSPS) is 10.9. The van der Waals surface area contributed by atoms with E-state index in [2.05, 4.69) is 15.5 Å². The van der Waals surface area contributed by atoms with E-state index in [1.165, 1.54) is 9.36 Å². The van der Waals surface area contributed by atoms with E-state index in [0.29, 0.717) is 17.8 Å². The number of nitrogens with zero attached hydrogens (tertiary/aromatic N) is 4. The molecule has 0 aliphatic rings. The molecule has 18 heavy (non-hydrogen) atoms. The molecule has 0 aliphatic carbocycles. The SMILES string of the molecule is Cc1nn(C)c(F)c1CNc1cnn(CCF)c1. The van der Waals surface area contributed by atoms with Crippen LogP contribution in [-0.2, 0) is 20.1 Å². The molecule has 0 saturated carbocycles. The van der Waals surface area contributed by atoms with Crippen LogP contribution >= 0.6 is 0 Å². The van der Waals surface area contributed by atoms with Gasteiger partial charge in [-0.25, -0.2) is 9.07 Å². The van der Waals surface area contributed by atoms with Crippen molar-refractivity contribution in [1.29, 1.82) is 0 Å². The maximum Gasteiger partial charge on any atom is 0.216 e. The highest BCUT2D eigenvalue weighted by molar-refractivity contribution is 5.39. The van der Waals surface area contributed by atoms with Gasteiger partial charge in [-0.15, -0.1) is 0 Å². The van der Waals surface area contributed by atoms with Gasteiger partial charge in [0.15, 0.2) is 0 Å². The highest BCUT2D eigenvalue weighted by atomic mass is 19.1. The van der Waals surface area contributed by atoms with Gasteiger partial charge in [0.1, 0.15) is 6.67 Å². The maximum atomic E-state index is 13.6. The molecular formula is C11H15F2N5. The molecule has 1 N–H and O–H groups in total. The van der Waals surface area contributed by atoms with Gasteiger partial charge in [-0.1, -0.05) is 0 Å². The van der Waals surface area contributed by atoms with E-state index in [1.54, 1.807) is 26.4 Å². The molecule has 0 spiro atoms. The third-order valence-electron chi connectivity index (χ3n) is 2.69. The van der Waals surface area contributed by atoms with Crippen LogP contribution in [0.5, 0.6) is 0 Å². The summed E-state index contributed by atoms with van der Waals surface area (Å²) in [4.78, 5) is 0. The average Bonchev–Trinajstić information content (AvgIpc) is 2.85. The van der Waals surface area contributed by atoms with Crippen molar-refractivity contribution in [3.63, 3.8) is 0 Å². The number of hydrogen-bond acceptors (Lipinski definition) is 3. The Hall–Kier alpha value is -1.92. The fourth-order valence-corrected chi connectivity index (χ4v) is 1.73. The van der Waals surface area contributed by atoms with Crippen LogP contribution < -0.4 is 5.32 Å². The molecule has 5 nitrogen and oxygen atoms in total. The van der Waals surface area contributed by atoms with E-state index in [1.807, 2.05) is 0 Å². The van der Waals surface area contributed by atoms with Gasteiger partial charge in [-0.05, 0) is 6.92 Å². The molecule has 0 aromatic carbocycles. The zero-order valence-electron chi connectivity index (χ0n) is 10.3. The van der Waals surface area contributed by atoms with Gasteiger partial charge in [-0.3, -0.25) is 4.68 Å². The summed E-state index contributed by atoms with van der Waals surface area (Å²) in [5, 5.41) is 11.0. The molecule has 2 aromatic rings. The quantitative estimate of drug-likeness (QED) is 0.883. The van der Waals surface area contributed by atoms with E-state index < -0.39 is 6.67 Å². The Kier molecular flexibility index (Phi) is 3.59. The second-order valence-corrected chi connectivity index (χ2v) is 4.01. The predicted octanol–water partition coefficient (Wildman–Crippen LogP) is 1.65. The van der Waals surface area contributed by atoms with Crippen LogP contribution in [0.3, 0.4) is 0 Å². The fourth-order valence-electron chi connectivity index (χ4n) is 1.73. The Bertz CT molecular complexity index is 532. The van der Waals surface area contributed by atoms with E-state index in [-0.39, 0.29) is 12.5 Å². The summed E-state index contributed by atoms with van der Waals surface area (Å²) in [5.41, 5.74) is 1.90. The van der Waals surface area contributed by atoms with Gasteiger partial charge in [0.05, 0.1) is 24.1 Å². The Labute approximate surface area is 103 Å². The summed E-state index contributed by atoms with van der Waals surface area (Å²) in [5.74, 6) is -0.351. The van der Waals surface area contributed by atoms with Crippen LogP contribution in [0.25, 0.3) is 0 Å². The fraction of sp³-hybridized carbons (Fsp3) is 0.455. The Morgan fingerprint density at radius 2 is 2.22 bits per heavy atom. The Balaban J connectivity index is 2.02. The number of anilines is 1. The summed E-state index contributed by atoms with van der Waals surface area (Å²) < 4.78 is 28.4. The molecule has 0 bridgehead atoms. The molecule has 0 amide bonds. The summed E-state index contributed by atoms with van der Waals surface area (Å²) in [6, 6.07) is 0. The lowest BCUT2D eigenvalue weighted by molar-refractivity contribution is 0.427. The molecular weight excluding hydrogens is 240 g/mol. The van der Waals surface area contributed by atoms with Crippen LogP contribution in [0.4, 0.5) is 14.5 Å². The predicted molar refractivity (Wildman–Crippen MR) is 63.4 cm³/mol. The van der Waals surface area contributed by atoms with Crippen molar-refractivity contribution in [1.82, 2.24) is 19.6 Å². The minimum absolute atomic E-state index is 0.224. The maximum absolute atomic E-state index is 13.6. The largest absolute Gasteiger partial charge is 0.378 e. The first-order valence-electron chi connectivity index (χ1n) is 5.62. The van der Waals surface area contributed by atoms with Gasteiger partial charge < -0.3 is 5.32 Å². The average molecular weight is 255 g/mol. The molecule has 0 atom stereocenters. The van der Waals surface area contributed by atoms with Gasteiger partial charge in [-0.2, -0.15) is 14.6 Å². The van der Waals surface area contributed by atoms with Crippen LogP contribution in [0, 0.1) is 12.9 Å². The van der Waals surface area contributed by atoms with Crippen molar-refractivity contribution >= 4 is 5.69 Å². The highest BCUT2D eigenvalue weighted by Crippen LogP contribution is 2.14. The van der Waals surface area contributed by atoms with Crippen molar-refractivity contribution < 1.29 is 8.78 Å². The summed E-state index contributed by atoms with van der Waals surface area (Å²) in [7, 11) is 1.56. The second kappa shape index (κ2) is 5.16. The molecule has 7 heteroatoms. The topological polar surface area (TPSA) is 47.7 Å². The van der Waals surface area contributed by atoms with E-state index in [4.69, 9.17) is 0 Å². The lowest BCUT2D eigenvalue weighted by Crippen LogP contribution is -2.03. The van der Waals surface area contributed by atoms with Crippen LogP contribution in [0.1, 0.15) is 11.3 Å². The van der Waals surface area contributed by atoms with Crippen molar-refractivity contribution in [2.75, 3.05) is 12.0 Å². The van der Waals surface area contributed by atoms with Crippen molar-refractivity contribution in [3.05, 3.63) is 29.6 Å². The van der Waals surface area contributed by atoms with Crippen molar-refractivity contribution in [2.45, 2.75) is 20.0 Å². The lowest BCUT2D eigenvalue weighted by Gasteiger charge is -2.02. The standard InChI is InChI=1S/C11H15F2N5/c1-8-10(11(13)17(2)16-8)6-14-9-5-15-18(7-9)4-3-12/h5,7,14H,3-4,6H2,1-2H3. The molecule has 0 fully saturated rings.